The number of carbonyl (C=O) groups is 1. The number of rotatable bonds is 3. The summed E-state index contributed by atoms with van der Waals surface area (Å²) in [4.78, 5) is 28.6. The van der Waals surface area contributed by atoms with Crippen molar-refractivity contribution in [1.82, 2.24) is 29.5 Å². The Labute approximate surface area is 204 Å². The number of imidazole rings is 1. The van der Waals surface area contributed by atoms with Crippen LogP contribution in [0.1, 0.15) is 32.8 Å². The fourth-order valence-corrected chi connectivity index (χ4v) is 5.94. The number of hydrogen-bond acceptors (Lipinski definition) is 5. The van der Waals surface area contributed by atoms with E-state index in [4.69, 9.17) is 4.98 Å². The number of nitrogens with zero attached hydrogens (tertiary/aromatic N) is 5. The molecule has 0 bridgehead atoms. The van der Waals surface area contributed by atoms with Gasteiger partial charge in [-0.3, -0.25) is 4.79 Å². The van der Waals surface area contributed by atoms with Gasteiger partial charge in [-0.1, -0.05) is 48.5 Å². The predicted molar refractivity (Wildman–Crippen MR) is 135 cm³/mol. The molecule has 5 heterocycles. The second-order valence-electron chi connectivity index (χ2n) is 8.61. The summed E-state index contributed by atoms with van der Waals surface area (Å²) in [6.07, 6.45) is 6.07. The zero-order valence-electron chi connectivity index (χ0n) is 18.6. The van der Waals surface area contributed by atoms with Gasteiger partial charge in [0.1, 0.15) is 11.0 Å². The highest BCUT2D eigenvalue weighted by Crippen LogP contribution is 2.38. The van der Waals surface area contributed by atoms with Crippen LogP contribution < -0.4 is 0 Å². The monoisotopic (exact) mass is 476 g/mol. The molecule has 7 nitrogen and oxygen atoms in total. The van der Waals surface area contributed by atoms with Crippen molar-refractivity contribution in [2.75, 3.05) is 6.54 Å². The summed E-state index contributed by atoms with van der Waals surface area (Å²) in [5.74, 6) is -0.0645. The number of H-pyrrole nitrogens is 1. The maximum absolute atomic E-state index is 14.0. The number of para-hydroxylation sites is 1. The molecule has 0 unspecified atom stereocenters. The van der Waals surface area contributed by atoms with Crippen molar-refractivity contribution in [1.29, 1.82) is 0 Å². The minimum Gasteiger partial charge on any atom is -0.348 e. The average Bonchev–Trinajstić information content (AvgIpc) is 3.65. The molecule has 4 aromatic heterocycles. The van der Waals surface area contributed by atoms with Crippen molar-refractivity contribution in [2.45, 2.75) is 12.5 Å². The number of aromatic amines is 1. The molecule has 1 aliphatic rings. The Morgan fingerprint density at radius 2 is 1.86 bits per heavy atom. The van der Waals surface area contributed by atoms with E-state index in [-0.39, 0.29) is 11.9 Å². The topological polar surface area (TPSA) is 79.2 Å². The number of benzene rings is 2. The summed E-state index contributed by atoms with van der Waals surface area (Å²) in [5, 5.41) is 5.39. The van der Waals surface area contributed by atoms with E-state index in [1.165, 1.54) is 0 Å². The standard InChI is InChI=1S/C27H20N6OS/c34-27(19-14-30-33-15-18(10-11-22(19)33)17-6-2-1-3-7-17)32-13-12-21-24(29-16-28-21)25(32)26-31-20-8-4-5-9-23(20)35-26/h1-11,14-16,25H,12-13H2,(H,28,29)/t25-/m0/s1. The quantitative estimate of drug-likeness (QED) is 0.384. The van der Waals surface area contributed by atoms with Crippen molar-refractivity contribution >= 4 is 33.0 Å². The van der Waals surface area contributed by atoms with Gasteiger partial charge in [-0.15, -0.1) is 11.3 Å². The first-order chi connectivity index (χ1) is 17.3. The molecule has 35 heavy (non-hydrogen) atoms. The number of fused-ring (bicyclic) bond motifs is 3. The molecule has 0 aliphatic carbocycles. The fraction of sp³-hybridized carbons (Fsp3) is 0.111. The largest absolute Gasteiger partial charge is 0.348 e. The van der Waals surface area contributed by atoms with Gasteiger partial charge in [0.15, 0.2) is 0 Å². The number of pyridine rings is 1. The van der Waals surface area contributed by atoms with E-state index in [9.17, 15) is 4.79 Å². The van der Waals surface area contributed by atoms with Gasteiger partial charge in [0.25, 0.3) is 5.91 Å². The molecule has 0 radical (unpaired) electrons. The van der Waals surface area contributed by atoms with E-state index in [1.807, 2.05) is 59.6 Å². The van der Waals surface area contributed by atoms with Crippen LogP contribution in [-0.2, 0) is 6.42 Å². The Kier molecular flexibility index (Phi) is 4.53. The Morgan fingerprint density at radius 3 is 2.74 bits per heavy atom. The second kappa shape index (κ2) is 7.89. The molecule has 1 N–H and O–H groups in total. The van der Waals surface area contributed by atoms with E-state index in [2.05, 4.69) is 33.3 Å². The molecular weight excluding hydrogens is 456 g/mol. The maximum Gasteiger partial charge on any atom is 0.258 e. The molecule has 0 fully saturated rings. The van der Waals surface area contributed by atoms with Crippen LogP contribution in [0, 0.1) is 0 Å². The van der Waals surface area contributed by atoms with Crippen molar-refractivity contribution in [3.8, 4) is 11.1 Å². The van der Waals surface area contributed by atoms with E-state index in [1.54, 1.807) is 28.4 Å². The number of aromatic nitrogens is 5. The lowest BCUT2D eigenvalue weighted by Gasteiger charge is -2.33. The van der Waals surface area contributed by atoms with Crippen LogP contribution in [0.25, 0.3) is 26.9 Å². The minimum atomic E-state index is -0.339. The molecule has 0 saturated heterocycles. The van der Waals surface area contributed by atoms with Crippen molar-refractivity contribution in [2.24, 2.45) is 0 Å². The molecule has 1 aliphatic heterocycles. The van der Waals surface area contributed by atoms with Crippen LogP contribution in [0.2, 0.25) is 0 Å². The van der Waals surface area contributed by atoms with Crippen LogP contribution in [0.5, 0.6) is 0 Å². The zero-order chi connectivity index (χ0) is 23.4. The summed E-state index contributed by atoms with van der Waals surface area (Å²) in [6.45, 7) is 0.577. The van der Waals surface area contributed by atoms with Gasteiger partial charge in [-0.2, -0.15) is 5.10 Å². The van der Waals surface area contributed by atoms with Crippen LogP contribution in [-0.4, -0.2) is 41.9 Å². The fourth-order valence-electron chi connectivity index (χ4n) is 4.86. The molecular formula is C27H20N6OS. The van der Waals surface area contributed by atoms with E-state index < -0.39 is 0 Å². The molecule has 0 spiro atoms. The molecule has 1 atom stereocenters. The highest BCUT2D eigenvalue weighted by Gasteiger charge is 2.37. The summed E-state index contributed by atoms with van der Waals surface area (Å²) in [7, 11) is 0. The van der Waals surface area contributed by atoms with Gasteiger partial charge in [0.2, 0.25) is 0 Å². The van der Waals surface area contributed by atoms with Crippen LogP contribution in [0.15, 0.2) is 85.5 Å². The molecule has 8 heteroatoms. The second-order valence-corrected chi connectivity index (χ2v) is 9.67. The van der Waals surface area contributed by atoms with E-state index >= 15 is 0 Å². The summed E-state index contributed by atoms with van der Waals surface area (Å²) >= 11 is 1.61. The van der Waals surface area contributed by atoms with Crippen molar-refractivity contribution in [3.05, 3.63) is 107 Å². The number of carbonyl (C=O) groups excluding carboxylic acids is 1. The summed E-state index contributed by atoms with van der Waals surface area (Å²) in [6, 6.07) is 21.9. The number of thiazole rings is 1. The van der Waals surface area contributed by atoms with Gasteiger partial charge in [0, 0.05) is 30.4 Å². The van der Waals surface area contributed by atoms with Gasteiger partial charge < -0.3 is 9.88 Å². The first-order valence-corrected chi connectivity index (χ1v) is 12.3. The SMILES string of the molecule is O=C(c1cnn2cc(-c3ccccc3)ccc12)N1CCc2[nH]cnc2[C@H]1c1nc2ccccc2s1. The highest BCUT2D eigenvalue weighted by molar-refractivity contribution is 7.18. The number of nitrogens with one attached hydrogen (secondary N) is 1. The van der Waals surface area contributed by atoms with E-state index in [0.717, 1.165) is 49.7 Å². The Hall–Kier alpha value is -4.30. The molecule has 0 saturated carbocycles. The van der Waals surface area contributed by atoms with E-state index in [0.29, 0.717) is 12.1 Å². The van der Waals surface area contributed by atoms with Crippen LogP contribution in [0.3, 0.4) is 0 Å². The smallest absolute Gasteiger partial charge is 0.258 e. The third-order valence-electron chi connectivity index (χ3n) is 6.58. The summed E-state index contributed by atoms with van der Waals surface area (Å²) < 4.78 is 2.88. The third-order valence-corrected chi connectivity index (χ3v) is 7.67. The third kappa shape index (κ3) is 3.25. The zero-order valence-corrected chi connectivity index (χ0v) is 19.4. The molecule has 170 valence electrons. The maximum atomic E-state index is 14.0. The first kappa shape index (κ1) is 20.1. The lowest BCUT2D eigenvalue weighted by Crippen LogP contribution is -2.40. The van der Waals surface area contributed by atoms with Crippen LogP contribution in [0.4, 0.5) is 0 Å². The predicted octanol–water partition coefficient (Wildman–Crippen LogP) is 5.12. The van der Waals surface area contributed by atoms with Crippen LogP contribution >= 0.6 is 11.3 Å². The van der Waals surface area contributed by atoms with Crippen molar-refractivity contribution < 1.29 is 4.79 Å². The first-order valence-electron chi connectivity index (χ1n) is 11.5. The summed E-state index contributed by atoms with van der Waals surface area (Å²) in [5.41, 5.74) is 6.38. The van der Waals surface area contributed by atoms with Gasteiger partial charge in [-0.05, 0) is 23.8 Å². The van der Waals surface area contributed by atoms with Gasteiger partial charge in [0.05, 0.1) is 39.5 Å². The number of hydrogen-bond donors (Lipinski definition) is 1. The van der Waals surface area contributed by atoms with Gasteiger partial charge in [-0.25, -0.2) is 14.5 Å². The number of amides is 1. The molecule has 6 aromatic rings. The normalized spacial score (nSPS) is 15.5. The molecule has 1 amide bonds. The van der Waals surface area contributed by atoms with Gasteiger partial charge >= 0.3 is 0 Å². The van der Waals surface area contributed by atoms with Crippen molar-refractivity contribution in [3.63, 3.8) is 0 Å². The minimum absolute atomic E-state index is 0.0645. The molecule has 2 aromatic carbocycles. The Balaban J connectivity index is 1.30. The molecule has 7 rings (SSSR count). The Bertz CT molecular complexity index is 1670. The average molecular weight is 477 g/mol. The Morgan fingerprint density at radius 1 is 1.00 bits per heavy atom. The lowest BCUT2D eigenvalue weighted by molar-refractivity contribution is 0.0692. The lowest BCUT2D eigenvalue weighted by atomic mass is 10.0. The highest BCUT2D eigenvalue weighted by atomic mass is 32.1.